The first-order valence-corrected chi connectivity index (χ1v) is 19.9. The molecular weight excluding hydrogens is 787 g/mol. The minimum atomic E-state index is -4.40. The van der Waals surface area contributed by atoms with Gasteiger partial charge in [-0.15, -0.1) is 0 Å². The lowest BCUT2D eigenvalue weighted by atomic mass is 10.0. The number of benzene rings is 2. The Kier molecular flexibility index (Phi) is 14.1. The zero-order valence-electron chi connectivity index (χ0n) is 33.0. The number of pyridine rings is 2. The molecule has 2 aromatic carbocycles. The quantitative estimate of drug-likeness (QED) is 0.113. The van der Waals surface area contributed by atoms with Crippen molar-refractivity contribution in [3.05, 3.63) is 121 Å². The largest absolute Gasteiger partial charge is 0.416 e. The highest BCUT2D eigenvalue weighted by Crippen LogP contribution is 2.37. The number of ether oxygens (including phenoxy) is 2. The maximum absolute atomic E-state index is 13.2. The van der Waals surface area contributed by atoms with Crippen molar-refractivity contribution in [3.63, 3.8) is 0 Å². The Morgan fingerprint density at radius 2 is 0.933 bits per heavy atom. The lowest BCUT2D eigenvalue weighted by molar-refractivity contribution is -0.138. The molecule has 0 amide bonds. The van der Waals surface area contributed by atoms with Gasteiger partial charge in [-0.1, -0.05) is 24.3 Å². The summed E-state index contributed by atoms with van der Waals surface area (Å²) in [6.45, 7) is 10.2. The van der Waals surface area contributed by atoms with Crippen LogP contribution < -0.4 is 0 Å². The van der Waals surface area contributed by atoms with Crippen molar-refractivity contribution >= 4 is 0 Å². The second kappa shape index (κ2) is 19.8. The number of aromatic nitrogens is 6. The second-order valence-electron chi connectivity index (χ2n) is 14.5. The number of hydrogen-bond acceptors (Lipinski definition) is 8. The normalized spacial score (nSPS) is 15.4. The zero-order chi connectivity index (χ0) is 42.0. The van der Waals surface area contributed by atoms with Crippen LogP contribution in [0.1, 0.15) is 24.0 Å². The first-order chi connectivity index (χ1) is 29.0. The first-order valence-electron chi connectivity index (χ1n) is 19.9. The fraction of sp³-hybridized carbons (Fsp3) is 0.364. The van der Waals surface area contributed by atoms with E-state index in [1.807, 2.05) is 28.8 Å². The number of hydrogen-bond donors (Lipinski definition) is 0. The number of morpholine rings is 2. The maximum atomic E-state index is 13.2. The molecule has 0 unspecified atom stereocenters. The lowest BCUT2D eigenvalue weighted by Crippen LogP contribution is -2.37. The Bertz CT molecular complexity index is 2230. The van der Waals surface area contributed by atoms with Gasteiger partial charge in [0.15, 0.2) is 0 Å². The maximum Gasteiger partial charge on any atom is 0.416 e. The van der Waals surface area contributed by atoms with E-state index in [1.165, 1.54) is 18.2 Å². The number of rotatable bonds is 12. The van der Waals surface area contributed by atoms with Crippen molar-refractivity contribution in [2.75, 3.05) is 65.7 Å². The Morgan fingerprint density at radius 3 is 1.38 bits per heavy atom. The molecule has 316 valence electrons. The highest BCUT2D eigenvalue weighted by atomic mass is 19.4. The van der Waals surface area contributed by atoms with Gasteiger partial charge in [0.2, 0.25) is 0 Å². The van der Waals surface area contributed by atoms with E-state index in [2.05, 4.69) is 34.3 Å². The van der Waals surface area contributed by atoms with Gasteiger partial charge in [-0.25, -0.2) is 9.97 Å². The summed E-state index contributed by atoms with van der Waals surface area (Å²) in [5.74, 6) is 0. The van der Waals surface area contributed by atoms with Crippen LogP contribution >= 0.6 is 0 Å². The molecule has 16 heteroatoms. The van der Waals surface area contributed by atoms with Crippen molar-refractivity contribution in [2.45, 2.75) is 38.3 Å². The van der Waals surface area contributed by atoms with Gasteiger partial charge in [0.1, 0.15) is 0 Å². The molecular formula is C44H46F6N8O2. The highest BCUT2D eigenvalue weighted by molar-refractivity contribution is 5.79. The molecule has 0 spiro atoms. The van der Waals surface area contributed by atoms with Gasteiger partial charge in [0.25, 0.3) is 0 Å². The van der Waals surface area contributed by atoms with Crippen LogP contribution in [0.3, 0.4) is 0 Å². The van der Waals surface area contributed by atoms with Crippen LogP contribution in [0.15, 0.2) is 110 Å². The van der Waals surface area contributed by atoms with Crippen LogP contribution in [0.5, 0.6) is 0 Å². The molecule has 0 aliphatic carbocycles. The van der Waals surface area contributed by atoms with Gasteiger partial charge >= 0.3 is 12.4 Å². The van der Waals surface area contributed by atoms with E-state index >= 15 is 0 Å². The van der Waals surface area contributed by atoms with Gasteiger partial charge in [-0.05, 0) is 61.4 Å². The fourth-order valence-corrected chi connectivity index (χ4v) is 7.39. The molecule has 0 atom stereocenters. The monoisotopic (exact) mass is 832 g/mol. The van der Waals surface area contributed by atoms with Crippen molar-refractivity contribution in [1.29, 1.82) is 0 Å². The van der Waals surface area contributed by atoms with Gasteiger partial charge in [0.05, 0.1) is 73.0 Å². The van der Waals surface area contributed by atoms with Crippen LogP contribution in [0.2, 0.25) is 0 Å². The molecule has 2 saturated heterocycles. The summed E-state index contributed by atoms with van der Waals surface area (Å²) in [5, 5.41) is 0. The van der Waals surface area contributed by atoms with Crippen LogP contribution in [0.4, 0.5) is 26.3 Å². The highest BCUT2D eigenvalue weighted by Gasteiger charge is 2.32. The third-order valence-electron chi connectivity index (χ3n) is 10.5. The average Bonchev–Trinajstić information content (AvgIpc) is 3.90. The fourth-order valence-electron chi connectivity index (χ4n) is 7.39. The second-order valence-corrected chi connectivity index (χ2v) is 14.5. The van der Waals surface area contributed by atoms with E-state index in [-0.39, 0.29) is 0 Å². The Balaban J connectivity index is 0.000000181. The number of nitrogens with zero attached hydrogens (tertiary/aromatic N) is 8. The summed E-state index contributed by atoms with van der Waals surface area (Å²) in [6.07, 6.45) is 3.35. The Morgan fingerprint density at radius 1 is 0.483 bits per heavy atom. The summed E-state index contributed by atoms with van der Waals surface area (Å²) in [7, 11) is 0. The molecule has 2 aliphatic rings. The summed E-state index contributed by atoms with van der Waals surface area (Å²) < 4.78 is 93.3. The predicted molar refractivity (Wildman–Crippen MR) is 216 cm³/mol. The smallest absolute Gasteiger partial charge is 0.379 e. The first kappa shape index (κ1) is 42.7. The van der Waals surface area contributed by atoms with E-state index in [9.17, 15) is 26.3 Å². The van der Waals surface area contributed by atoms with Crippen LogP contribution in [0, 0.1) is 0 Å². The van der Waals surface area contributed by atoms with Gasteiger partial charge in [-0.2, -0.15) is 26.3 Å². The third kappa shape index (κ3) is 11.0. The van der Waals surface area contributed by atoms with E-state index in [0.717, 1.165) is 138 Å². The summed E-state index contributed by atoms with van der Waals surface area (Å²) in [5.41, 5.74) is 4.47. The summed E-state index contributed by atoms with van der Waals surface area (Å²) >= 11 is 0. The Labute approximate surface area is 344 Å². The number of imidazole rings is 2. The minimum Gasteiger partial charge on any atom is -0.379 e. The Hall–Kier alpha value is -5.42. The molecule has 0 N–H and O–H groups in total. The van der Waals surface area contributed by atoms with E-state index in [4.69, 9.17) is 9.47 Å². The molecule has 10 nitrogen and oxygen atoms in total. The molecule has 6 aromatic rings. The zero-order valence-corrected chi connectivity index (χ0v) is 33.0. The molecule has 4 aromatic heterocycles. The van der Waals surface area contributed by atoms with Crippen molar-refractivity contribution in [3.8, 4) is 45.0 Å². The van der Waals surface area contributed by atoms with E-state index in [0.29, 0.717) is 22.5 Å². The topological polar surface area (TPSA) is 86.4 Å². The molecule has 0 bridgehead atoms. The number of alkyl halides is 6. The van der Waals surface area contributed by atoms with E-state index < -0.39 is 23.5 Å². The number of aryl methyl sites for hydroxylation is 2. The van der Waals surface area contributed by atoms with Crippen LogP contribution in [-0.2, 0) is 34.9 Å². The predicted octanol–water partition coefficient (Wildman–Crippen LogP) is 8.71. The van der Waals surface area contributed by atoms with Crippen molar-refractivity contribution in [2.24, 2.45) is 0 Å². The molecule has 8 rings (SSSR count). The van der Waals surface area contributed by atoms with Crippen molar-refractivity contribution in [1.82, 2.24) is 38.9 Å². The SMILES string of the molecule is FC(F)(F)c1ccc(-c2ncn(CCCN3CCOCC3)c2-c2ccncc2)cc1.FC(F)(F)c1cccc(-c2ncn(CCCN3CCOCC3)c2-c2ccncc2)c1. The molecule has 6 heterocycles. The van der Waals surface area contributed by atoms with Gasteiger partial charge < -0.3 is 18.6 Å². The molecule has 0 radical (unpaired) electrons. The molecule has 2 aliphatic heterocycles. The van der Waals surface area contributed by atoms with Gasteiger partial charge in [0, 0.05) is 99.4 Å². The van der Waals surface area contributed by atoms with Gasteiger partial charge in [-0.3, -0.25) is 19.8 Å². The molecule has 60 heavy (non-hydrogen) atoms. The van der Waals surface area contributed by atoms with E-state index in [1.54, 1.807) is 43.5 Å². The summed E-state index contributed by atoms with van der Waals surface area (Å²) in [6, 6.07) is 18.0. The van der Waals surface area contributed by atoms with Crippen molar-refractivity contribution < 1.29 is 35.8 Å². The molecule has 2 fully saturated rings. The minimum absolute atomic E-state index is 0.448. The number of halogens is 6. The standard InChI is InChI=1S/2C22H23F3N4O/c23-22(24,25)19-4-2-17(3-5-19)20-21(18-6-8-26-9-7-18)29(16-27-20)11-1-10-28-12-14-30-15-13-28;23-22(24,25)19-4-1-3-18(15-19)20-21(17-5-7-26-8-6-17)29(16-27-20)10-2-9-28-11-13-30-14-12-28/h2-9,16H,1,10-15H2;1,3-8,15-16H,2,9-14H2. The summed E-state index contributed by atoms with van der Waals surface area (Å²) in [4.78, 5) is 21.9. The lowest BCUT2D eigenvalue weighted by Gasteiger charge is -2.26. The van der Waals surface area contributed by atoms with Crippen LogP contribution in [-0.4, -0.2) is 105 Å². The van der Waals surface area contributed by atoms with Crippen LogP contribution in [0.25, 0.3) is 45.0 Å². The average molecular weight is 833 g/mol. The molecule has 0 saturated carbocycles. The third-order valence-corrected chi connectivity index (χ3v) is 10.5.